The molecule has 0 saturated heterocycles. The van der Waals surface area contributed by atoms with Gasteiger partial charge in [-0.25, -0.2) is 4.79 Å². The van der Waals surface area contributed by atoms with Crippen molar-refractivity contribution in [2.24, 2.45) is 5.10 Å². The quantitative estimate of drug-likeness (QED) is 0.414. The van der Waals surface area contributed by atoms with Gasteiger partial charge in [-0.05, 0) is 29.8 Å². The molecule has 2 heterocycles. The number of aromatic amines is 2. The molecule has 0 aliphatic rings. The minimum absolute atomic E-state index is 0.189. The van der Waals surface area contributed by atoms with Gasteiger partial charge >= 0.3 is 5.69 Å². The second kappa shape index (κ2) is 4.84. The van der Waals surface area contributed by atoms with Crippen LogP contribution in [0.5, 0.6) is 5.75 Å². The van der Waals surface area contributed by atoms with E-state index >= 15 is 0 Å². The number of phenolic OH excluding ortho intramolecular Hbond substituents is 1. The average molecular weight is 270 g/mol. The summed E-state index contributed by atoms with van der Waals surface area (Å²) in [6.45, 7) is 0. The van der Waals surface area contributed by atoms with E-state index in [2.05, 4.69) is 30.7 Å². The van der Waals surface area contributed by atoms with Crippen molar-refractivity contribution in [1.82, 2.24) is 20.2 Å². The Kier molecular flexibility index (Phi) is 2.88. The molecule has 4 N–H and O–H groups in total. The predicted molar refractivity (Wildman–Crippen MR) is 73.8 cm³/mol. The van der Waals surface area contributed by atoms with Gasteiger partial charge in [-0.1, -0.05) is 0 Å². The first-order valence-corrected chi connectivity index (χ1v) is 5.74. The molecule has 3 aromatic rings. The van der Waals surface area contributed by atoms with Crippen LogP contribution in [0.15, 0.2) is 40.4 Å². The summed E-state index contributed by atoms with van der Waals surface area (Å²) < 4.78 is 0. The van der Waals surface area contributed by atoms with Crippen molar-refractivity contribution < 1.29 is 5.11 Å². The Hall–Kier alpha value is -3.16. The van der Waals surface area contributed by atoms with Crippen LogP contribution in [0.2, 0.25) is 0 Å². The van der Waals surface area contributed by atoms with Crippen molar-refractivity contribution in [1.29, 1.82) is 0 Å². The lowest BCUT2D eigenvalue weighted by Gasteiger charge is -2.00. The summed E-state index contributed by atoms with van der Waals surface area (Å²) in [7, 11) is 0. The van der Waals surface area contributed by atoms with Crippen LogP contribution in [0.3, 0.4) is 0 Å². The molecule has 100 valence electrons. The molecule has 2 aromatic heterocycles. The number of rotatable bonds is 3. The van der Waals surface area contributed by atoms with Crippen molar-refractivity contribution in [3.8, 4) is 5.75 Å². The van der Waals surface area contributed by atoms with E-state index in [9.17, 15) is 4.79 Å². The van der Waals surface area contributed by atoms with Gasteiger partial charge in [-0.3, -0.25) is 15.5 Å². The maximum absolute atomic E-state index is 11.3. The summed E-state index contributed by atoms with van der Waals surface area (Å²) in [5, 5.41) is 20.2. The standard InChI is InChI=1S/C12H10N6O2/c19-8-3-1-7(2-4-8)5-13-17-10-9-6-14-18-11(9)16-12(20)15-10/h1-6,19H,(H3,14,15,16,17,18,20)/b13-5+. The van der Waals surface area contributed by atoms with Gasteiger partial charge in [-0.15, -0.1) is 0 Å². The van der Waals surface area contributed by atoms with Crippen molar-refractivity contribution in [3.63, 3.8) is 0 Å². The Morgan fingerprint density at radius 3 is 2.90 bits per heavy atom. The molecule has 1 aromatic carbocycles. The predicted octanol–water partition coefficient (Wildman–Crippen LogP) is 0.798. The fourth-order valence-corrected chi connectivity index (χ4v) is 1.67. The maximum atomic E-state index is 11.3. The Bertz CT molecular complexity index is 818. The molecule has 0 unspecified atom stereocenters. The highest BCUT2D eigenvalue weighted by Gasteiger charge is 2.05. The first kappa shape index (κ1) is 11.9. The fraction of sp³-hybridized carbons (Fsp3) is 0. The Morgan fingerprint density at radius 1 is 1.30 bits per heavy atom. The van der Waals surface area contributed by atoms with Gasteiger partial charge in [-0.2, -0.15) is 15.2 Å². The van der Waals surface area contributed by atoms with Gasteiger partial charge in [0.15, 0.2) is 5.65 Å². The number of nitrogens with zero attached hydrogens (tertiary/aromatic N) is 3. The third-order valence-electron chi connectivity index (χ3n) is 2.62. The Labute approximate surface area is 112 Å². The van der Waals surface area contributed by atoms with Gasteiger partial charge in [0.05, 0.1) is 17.8 Å². The van der Waals surface area contributed by atoms with Crippen LogP contribution in [0.4, 0.5) is 5.82 Å². The first-order chi connectivity index (χ1) is 9.72. The summed E-state index contributed by atoms with van der Waals surface area (Å²) in [4.78, 5) is 17.6. The van der Waals surface area contributed by atoms with Crippen LogP contribution >= 0.6 is 0 Å². The van der Waals surface area contributed by atoms with Crippen LogP contribution in [-0.2, 0) is 0 Å². The largest absolute Gasteiger partial charge is 0.508 e. The third kappa shape index (κ3) is 2.34. The molecule has 0 aliphatic heterocycles. The monoisotopic (exact) mass is 270 g/mol. The van der Waals surface area contributed by atoms with Gasteiger partial charge in [0.25, 0.3) is 0 Å². The van der Waals surface area contributed by atoms with Crippen LogP contribution in [0, 0.1) is 0 Å². The first-order valence-electron chi connectivity index (χ1n) is 5.74. The molecule has 0 spiro atoms. The van der Waals surface area contributed by atoms with Crippen molar-refractivity contribution >= 4 is 23.1 Å². The van der Waals surface area contributed by atoms with Crippen molar-refractivity contribution in [2.75, 3.05) is 5.43 Å². The third-order valence-corrected chi connectivity index (χ3v) is 2.62. The van der Waals surface area contributed by atoms with E-state index in [-0.39, 0.29) is 5.75 Å². The Morgan fingerprint density at radius 2 is 2.10 bits per heavy atom. The normalized spacial score (nSPS) is 11.2. The number of phenols is 1. The molecular formula is C12H10N6O2. The van der Waals surface area contributed by atoms with Crippen LogP contribution < -0.4 is 11.1 Å². The number of hydrogen-bond acceptors (Lipinski definition) is 6. The van der Waals surface area contributed by atoms with Crippen LogP contribution in [0.1, 0.15) is 5.56 Å². The molecule has 0 saturated carbocycles. The second-order valence-electron chi connectivity index (χ2n) is 4.01. The van der Waals surface area contributed by atoms with E-state index in [4.69, 9.17) is 5.11 Å². The van der Waals surface area contributed by atoms with E-state index in [1.807, 2.05) is 0 Å². The van der Waals surface area contributed by atoms with E-state index in [0.717, 1.165) is 5.56 Å². The van der Waals surface area contributed by atoms with Gasteiger partial charge in [0, 0.05) is 0 Å². The molecule has 3 rings (SSSR count). The lowest BCUT2D eigenvalue weighted by atomic mass is 10.2. The van der Waals surface area contributed by atoms with Crippen LogP contribution in [-0.4, -0.2) is 31.5 Å². The van der Waals surface area contributed by atoms with E-state index in [0.29, 0.717) is 16.9 Å². The van der Waals surface area contributed by atoms with Crippen LogP contribution in [0.25, 0.3) is 11.0 Å². The maximum Gasteiger partial charge on any atom is 0.348 e. The minimum Gasteiger partial charge on any atom is -0.508 e. The van der Waals surface area contributed by atoms with E-state index in [1.54, 1.807) is 30.5 Å². The summed E-state index contributed by atoms with van der Waals surface area (Å²) >= 11 is 0. The minimum atomic E-state index is -0.496. The number of nitrogens with one attached hydrogen (secondary N) is 3. The zero-order valence-electron chi connectivity index (χ0n) is 10.2. The van der Waals surface area contributed by atoms with E-state index in [1.165, 1.54) is 6.20 Å². The van der Waals surface area contributed by atoms with Crippen molar-refractivity contribution in [3.05, 3.63) is 46.5 Å². The molecule has 8 heteroatoms. The smallest absolute Gasteiger partial charge is 0.348 e. The summed E-state index contributed by atoms with van der Waals surface area (Å²) in [5.74, 6) is 0.595. The zero-order chi connectivity index (χ0) is 13.9. The number of fused-ring (bicyclic) bond motifs is 1. The lowest BCUT2D eigenvalue weighted by Crippen LogP contribution is -2.12. The molecule has 20 heavy (non-hydrogen) atoms. The average Bonchev–Trinajstić information content (AvgIpc) is 2.89. The highest BCUT2D eigenvalue weighted by Crippen LogP contribution is 2.14. The molecule has 0 radical (unpaired) electrons. The number of hydrogen-bond donors (Lipinski definition) is 4. The summed E-state index contributed by atoms with van der Waals surface area (Å²) in [5.41, 5.74) is 3.42. The highest BCUT2D eigenvalue weighted by molar-refractivity contribution is 5.86. The van der Waals surface area contributed by atoms with Crippen molar-refractivity contribution in [2.45, 2.75) is 0 Å². The molecule has 0 bridgehead atoms. The molecular weight excluding hydrogens is 260 g/mol. The summed E-state index contributed by atoms with van der Waals surface area (Å²) in [6, 6.07) is 6.54. The molecule has 0 atom stereocenters. The number of aromatic nitrogens is 4. The lowest BCUT2D eigenvalue weighted by molar-refractivity contribution is 0.475. The van der Waals surface area contributed by atoms with Gasteiger partial charge in [0.2, 0.25) is 0 Å². The topological polar surface area (TPSA) is 119 Å². The second-order valence-corrected chi connectivity index (χ2v) is 4.01. The number of hydrazone groups is 1. The number of benzene rings is 1. The SMILES string of the molecule is O=c1nc2[nH]ncc2c(N/N=C/c2ccc(O)cc2)[nH]1. The van der Waals surface area contributed by atoms with Gasteiger partial charge in [0.1, 0.15) is 11.6 Å². The fourth-order valence-electron chi connectivity index (χ4n) is 1.67. The number of anilines is 1. The number of aromatic hydroxyl groups is 1. The Balaban J connectivity index is 1.84. The zero-order valence-corrected chi connectivity index (χ0v) is 10.2. The highest BCUT2D eigenvalue weighted by atomic mass is 16.3. The molecule has 0 aliphatic carbocycles. The summed E-state index contributed by atoms with van der Waals surface area (Å²) in [6.07, 6.45) is 3.10. The molecule has 0 amide bonds. The number of H-pyrrole nitrogens is 2. The molecule has 0 fully saturated rings. The molecule has 8 nitrogen and oxygen atoms in total. The van der Waals surface area contributed by atoms with Gasteiger partial charge < -0.3 is 5.11 Å². The van der Waals surface area contributed by atoms with E-state index < -0.39 is 5.69 Å².